The van der Waals surface area contributed by atoms with E-state index in [9.17, 15) is 9.18 Å². The third-order valence-electron chi connectivity index (χ3n) is 1.87. The van der Waals surface area contributed by atoms with Gasteiger partial charge in [0.15, 0.2) is 5.78 Å². The summed E-state index contributed by atoms with van der Waals surface area (Å²) in [5, 5.41) is 7.84. The fraction of sp³-hybridized carbons (Fsp3) is 0.300. The molecule has 1 rings (SSSR count). The number of alkyl halides is 1. The molecular formula is C10H10ClFO2. The minimum Gasteiger partial charge on any atom is -0.392 e. The van der Waals surface area contributed by atoms with E-state index in [0.29, 0.717) is 5.56 Å². The summed E-state index contributed by atoms with van der Waals surface area (Å²) in [5.74, 6) is -0.849. The number of rotatable bonds is 3. The molecular weight excluding hydrogens is 207 g/mol. The summed E-state index contributed by atoms with van der Waals surface area (Å²) in [6.45, 7) is 1.09. The van der Waals surface area contributed by atoms with Gasteiger partial charge in [0, 0.05) is 5.56 Å². The van der Waals surface area contributed by atoms with Crippen molar-refractivity contribution in [3.8, 4) is 0 Å². The third-order valence-corrected chi connectivity index (χ3v) is 2.42. The quantitative estimate of drug-likeness (QED) is 0.787. The van der Waals surface area contributed by atoms with Crippen molar-refractivity contribution < 1.29 is 14.3 Å². The number of carbonyl (C=O) groups excluding carboxylic acids is 1. The van der Waals surface area contributed by atoms with Gasteiger partial charge in [-0.15, -0.1) is 11.6 Å². The first-order valence-electron chi connectivity index (χ1n) is 4.10. The van der Waals surface area contributed by atoms with Crippen molar-refractivity contribution in [3.63, 3.8) is 0 Å². The van der Waals surface area contributed by atoms with E-state index in [2.05, 4.69) is 0 Å². The molecule has 0 aliphatic heterocycles. The van der Waals surface area contributed by atoms with Crippen molar-refractivity contribution in [1.82, 2.24) is 0 Å². The Morgan fingerprint density at radius 2 is 2.29 bits per heavy atom. The maximum absolute atomic E-state index is 13.2. The molecule has 0 spiro atoms. The number of halogens is 2. The number of aliphatic hydroxyl groups excluding tert-OH is 1. The zero-order chi connectivity index (χ0) is 10.7. The summed E-state index contributed by atoms with van der Waals surface area (Å²) in [4.78, 5) is 10.9. The van der Waals surface area contributed by atoms with E-state index in [-0.39, 0.29) is 18.0 Å². The smallest absolute Gasteiger partial charge is 0.152 e. The van der Waals surface area contributed by atoms with Gasteiger partial charge in [-0.25, -0.2) is 4.39 Å². The zero-order valence-electron chi connectivity index (χ0n) is 7.63. The number of benzene rings is 1. The molecule has 0 heterocycles. The van der Waals surface area contributed by atoms with E-state index in [0.717, 1.165) is 0 Å². The third kappa shape index (κ3) is 2.30. The van der Waals surface area contributed by atoms with E-state index in [1.54, 1.807) is 0 Å². The Hall–Kier alpha value is -0.930. The minimum absolute atomic E-state index is 0.116. The second kappa shape index (κ2) is 4.53. The van der Waals surface area contributed by atoms with Crippen LogP contribution in [0.3, 0.4) is 0 Å². The van der Waals surface area contributed by atoms with E-state index in [1.807, 2.05) is 0 Å². The van der Waals surface area contributed by atoms with E-state index < -0.39 is 11.2 Å². The van der Waals surface area contributed by atoms with Gasteiger partial charge in [0.2, 0.25) is 0 Å². The van der Waals surface area contributed by atoms with Crippen LogP contribution in [0.4, 0.5) is 4.39 Å². The maximum Gasteiger partial charge on any atom is 0.152 e. The monoisotopic (exact) mass is 216 g/mol. The van der Waals surface area contributed by atoms with Gasteiger partial charge in [-0.05, 0) is 24.6 Å². The molecule has 1 aromatic rings. The Kier molecular flexibility index (Phi) is 3.61. The Bertz CT molecular complexity index is 352. The molecule has 1 N–H and O–H groups in total. The van der Waals surface area contributed by atoms with Crippen LogP contribution in [-0.4, -0.2) is 10.9 Å². The molecule has 0 bridgehead atoms. The predicted molar refractivity (Wildman–Crippen MR) is 51.6 cm³/mol. The number of aliphatic hydroxyl groups is 1. The zero-order valence-corrected chi connectivity index (χ0v) is 8.38. The molecule has 0 saturated heterocycles. The van der Waals surface area contributed by atoms with Crippen LogP contribution < -0.4 is 0 Å². The van der Waals surface area contributed by atoms with Crippen LogP contribution in [-0.2, 0) is 11.4 Å². The fourth-order valence-electron chi connectivity index (χ4n) is 1.10. The lowest BCUT2D eigenvalue weighted by molar-refractivity contribution is -0.116. The first kappa shape index (κ1) is 11.1. The Morgan fingerprint density at radius 1 is 1.64 bits per heavy atom. The fourth-order valence-corrected chi connectivity index (χ4v) is 1.27. The Morgan fingerprint density at radius 3 is 2.79 bits per heavy atom. The molecule has 1 aromatic carbocycles. The highest BCUT2D eigenvalue weighted by Gasteiger charge is 2.17. The second-order valence-corrected chi connectivity index (χ2v) is 3.42. The number of ketones is 1. The van der Waals surface area contributed by atoms with Gasteiger partial charge in [0.25, 0.3) is 0 Å². The molecule has 0 radical (unpaired) electrons. The van der Waals surface area contributed by atoms with Crippen LogP contribution in [0.1, 0.15) is 23.4 Å². The molecule has 0 fully saturated rings. The molecule has 76 valence electrons. The molecule has 14 heavy (non-hydrogen) atoms. The molecule has 0 aromatic heterocycles. The predicted octanol–water partition coefficient (Wildman–Crippen LogP) is 2.19. The average molecular weight is 217 g/mol. The van der Waals surface area contributed by atoms with Gasteiger partial charge in [-0.2, -0.15) is 0 Å². The molecule has 0 aliphatic carbocycles. The first-order chi connectivity index (χ1) is 6.56. The largest absolute Gasteiger partial charge is 0.392 e. The van der Waals surface area contributed by atoms with Gasteiger partial charge in [-0.3, -0.25) is 4.79 Å². The first-order valence-corrected chi connectivity index (χ1v) is 4.53. The molecule has 0 aliphatic rings. The van der Waals surface area contributed by atoms with E-state index in [4.69, 9.17) is 16.7 Å². The summed E-state index contributed by atoms with van der Waals surface area (Å²) in [6, 6.07) is 4.04. The lowest BCUT2D eigenvalue weighted by atomic mass is 10.1. The molecule has 0 amide bonds. The summed E-state index contributed by atoms with van der Waals surface area (Å²) in [5.41, 5.74) is 0.652. The number of Topliss-reactive ketones (excluding diaryl/α,β-unsaturated/α-hetero) is 1. The number of hydrogen-bond donors (Lipinski definition) is 1. The van der Waals surface area contributed by atoms with Crippen molar-refractivity contribution in [3.05, 3.63) is 35.1 Å². The lowest BCUT2D eigenvalue weighted by Crippen LogP contribution is -2.05. The Balaban J connectivity index is 3.11. The van der Waals surface area contributed by atoms with Crippen molar-refractivity contribution in [2.24, 2.45) is 0 Å². The van der Waals surface area contributed by atoms with Gasteiger partial charge in [0.05, 0.1) is 6.61 Å². The van der Waals surface area contributed by atoms with Crippen molar-refractivity contribution in [2.75, 3.05) is 0 Å². The second-order valence-electron chi connectivity index (χ2n) is 2.99. The lowest BCUT2D eigenvalue weighted by Gasteiger charge is -2.08. The highest BCUT2D eigenvalue weighted by molar-refractivity contribution is 6.30. The normalized spacial score (nSPS) is 12.6. The van der Waals surface area contributed by atoms with Crippen molar-refractivity contribution >= 4 is 17.4 Å². The summed E-state index contributed by atoms with van der Waals surface area (Å²) in [6.07, 6.45) is 0. The van der Waals surface area contributed by atoms with Gasteiger partial charge >= 0.3 is 0 Å². The van der Waals surface area contributed by atoms with Crippen LogP contribution in [0.25, 0.3) is 0 Å². The molecule has 2 nitrogen and oxygen atoms in total. The topological polar surface area (TPSA) is 37.3 Å². The van der Waals surface area contributed by atoms with Gasteiger partial charge in [0.1, 0.15) is 11.2 Å². The summed E-state index contributed by atoms with van der Waals surface area (Å²) < 4.78 is 13.2. The minimum atomic E-state index is -0.985. The van der Waals surface area contributed by atoms with Crippen molar-refractivity contribution in [2.45, 2.75) is 18.9 Å². The average Bonchev–Trinajstić information content (AvgIpc) is 2.17. The molecule has 4 heteroatoms. The number of carbonyl (C=O) groups is 1. The van der Waals surface area contributed by atoms with Crippen LogP contribution in [0.15, 0.2) is 18.2 Å². The Labute approximate surface area is 86.3 Å². The molecule has 0 saturated carbocycles. The van der Waals surface area contributed by atoms with Gasteiger partial charge < -0.3 is 5.11 Å². The van der Waals surface area contributed by atoms with E-state index in [1.165, 1.54) is 25.1 Å². The highest BCUT2D eigenvalue weighted by atomic mass is 35.5. The SMILES string of the molecule is CC(=O)C(Cl)c1cc(CO)ccc1F. The standard InChI is InChI=1S/C10H10ClFO2/c1-6(14)10(11)8-4-7(5-13)2-3-9(8)12/h2-4,10,13H,5H2,1H3. The van der Waals surface area contributed by atoms with E-state index >= 15 is 0 Å². The number of hydrogen-bond acceptors (Lipinski definition) is 2. The van der Waals surface area contributed by atoms with Crippen LogP contribution in [0, 0.1) is 5.82 Å². The van der Waals surface area contributed by atoms with Crippen LogP contribution in [0.2, 0.25) is 0 Å². The molecule has 1 unspecified atom stereocenters. The van der Waals surface area contributed by atoms with Crippen molar-refractivity contribution in [1.29, 1.82) is 0 Å². The highest BCUT2D eigenvalue weighted by Crippen LogP contribution is 2.25. The summed E-state index contributed by atoms with van der Waals surface area (Å²) >= 11 is 5.70. The van der Waals surface area contributed by atoms with Crippen LogP contribution >= 0.6 is 11.6 Å². The van der Waals surface area contributed by atoms with Crippen LogP contribution in [0.5, 0.6) is 0 Å². The maximum atomic E-state index is 13.2. The molecule has 1 atom stereocenters. The van der Waals surface area contributed by atoms with Gasteiger partial charge in [-0.1, -0.05) is 6.07 Å². The summed E-state index contributed by atoms with van der Waals surface area (Å²) in [7, 11) is 0.